The fraction of sp³-hybridized carbons (Fsp3) is 0.929. The summed E-state index contributed by atoms with van der Waals surface area (Å²) in [6.07, 6.45) is 3.79. The van der Waals surface area contributed by atoms with Crippen LogP contribution in [0.15, 0.2) is 0 Å². The molecule has 0 amide bonds. The van der Waals surface area contributed by atoms with Gasteiger partial charge in [-0.15, -0.1) is 0 Å². The van der Waals surface area contributed by atoms with Gasteiger partial charge in [0.15, 0.2) is 0 Å². The van der Waals surface area contributed by atoms with E-state index < -0.39 is 0 Å². The molecule has 1 unspecified atom stereocenters. The quantitative estimate of drug-likeness (QED) is 0.398. The van der Waals surface area contributed by atoms with Crippen LogP contribution >= 0.6 is 0 Å². The van der Waals surface area contributed by atoms with Crippen molar-refractivity contribution in [1.82, 2.24) is 5.32 Å². The van der Waals surface area contributed by atoms with Crippen molar-refractivity contribution in [2.45, 2.75) is 37.8 Å². The van der Waals surface area contributed by atoms with Gasteiger partial charge in [0.25, 0.3) is 0 Å². The van der Waals surface area contributed by atoms with Crippen LogP contribution in [0.25, 0.3) is 0 Å². The third-order valence-electron chi connectivity index (χ3n) is 3.06. The van der Waals surface area contributed by atoms with E-state index in [-0.39, 0.29) is 12.0 Å². The summed E-state index contributed by atoms with van der Waals surface area (Å²) >= 11 is 0. The Kier molecular flexibility index (Phi) is 9.57. The molecule has 1 atom stereocenters. The summed E-state index contributed by atoms with van der Waals surface area (Å²) in [5.41, 5.74) is 0. The van der Waals surface area contributed by atoms with Crippen LogP contribution < -0.4 is 5.32 Å². The van der Waals surface area contributed by atoms with Crippen molar-refractivity contribution in [3.8, 4) is 0 Å². The molecule has 1 N–H and O–H groups in total. The van der Waals surface area contributed by atoms with E-state index in [0.717, 1.165) is 19.3 Å². The number of esters is 1. The number of methoxy groups -OCH3 is 2. The third-order valence-corrected chi connectivity index (χ3v) is 3.06. The summed E-state index contributed by atoms with van der Waals surface area (Å²) in [7, 11) is 3.07. The van der Waals surface area contributed by atoms with Gasteiger partial charge in [-0.2, -0.15) is 0 Å². The van der Waals surface area contributed by atoms with Crippen molar-refractivity contribution in [3.63, 3.8) is 0 Å². The highest BCUT2D eigenvalue weighted by Crippen LogP contribution is 2.20. The molecule has 0 spiro atoms. The summed E-state index contributed by atoms with van der Waals surface area (Å²) in [5, 5.41) is 3.27. The Hall–Kier alpha value is -0.690. The lowest BCUT2D eigenvalue weighted by Crippen LogP contribution is -2.39. The van der Waals surface area contributed by atoms with Crippen LogP contribution in [0.1, 0.15) is 25.7 Å². The Balaban J connectivity index is 1.95. The molecule has 20 heavy (non-hydrogen) atoms. The SMILES string of the molecule is COCCOCCCOCCC(NC1CC1)C(=O)OC. The second-order valence-electron chi connectivity index (χ2n) is 4.88. The third kappa shape index (κ3) is 8.47. The van der Waals surface area contributed by atoms with Crippen molar-refractivity contribution < 1.29 is 23.7 Å². The van der Waals surface area contributed by atoms with Gasteiger partial charge in [0, 0.05) is 33.0 Å². The Morgan fingerprint density at radius 2 is 1.80 bits per heavy atom. The molecule has 0 heterocycles. The number of ether oxygens (including phenoxy) is 4. The van der Waals surface area contributed by atoms with Gasteiger partial charge in [-0.05, 0) is 25.7 Å². The standard InChI is InChI=1S/C14H27NO5/c1-17-10-11-20-8-3-7-19-9-6-13(14(16)18-2)15-12-4-5-12/h12-13,15H,3-11H2,1-2H3. The molecule has 0 aliphatic heterocycles. The first kappa shape index (κ1) is 17.4. The molecule has 6 heteroatoms. The van der Waals surface area contributed by atoms with Crippen LogP contribution in [0.5, 0.6) is 0 Å². The zero-order valence-corrected chi connectivity index (χ0v) is 12.6. The van der Waals surface area contributed by atoms with E-state index in [1.54, 1.807) is 7.11 Å². The molecule has 0 saturated heterocycles. The fourth-order valence-electron chi connectivity index (χ4n) is 1.76. The highest BCUT2D eigenvalue weighted by molar-refractivity contribution is 5.75. The molecule has 1 saturated carbocycles. The second-order valence-corrected chi connectivity index (χ2v) is 4.88. The first-order valence-corrected chi connectivity index (χ1v) is 7.26. The predicted molar refractivity (Wildman–Crippen MR) is 74.7 cm³/mol. The Morgan fingerprint density at radius 3 is 2.40 bits per heavy atom. The van der Waals surface area contributed by atoms with Crippen molar-refractivity contribution in [1.29, 1.82) is 0 Å². The maximum absolute atomic E-state index is 11.6. The van der Waals surface area contributed by atoms with Gasteiger partial charge in [-0.3, -0.25) is 4.79 Å². The zero-order valence-electron chi connectivity index (χ0n) is 12.6. The van der Waals surface area contributed by atoms with E-state index in [1.807, 2.05) is 0 Å². The van der Waals surface area contributed by atoms with Gasteiger partial charge in [0.05, 0.1) is 20.3 Å². The molecule has 118 valence electrons. The lowest BCUT2D eigenvalue weighted by molar-refractivity contribution is -0.143. The number of carbonyl (C=O) groups is 1. The molecular formula is C14H27NO5. The van der Waals surface area contributed by atoms with E-state index in [2.05, 4.69) is 5.32 Å². The van der Waals surface area contributed by atoms with E-state index in [9.17, 15) is 4.79 Å². The maximum Gasteiger partial charge on any atom is 0.322 e. The van der Waals surface area contributed by atoms with Crippen LogP contribution in [0, 0.1) is 0 Å². The Morgan fingerprint density at radius 1 is 1.10 bits per heavy atom. The first-order valence-electron chi connectivity index (χ1n) is 7.26. The second kappa shape index (κ2) is 11.0. The maximum atomic E-state index is 11.6. The van der Waals surface area contributed by atoms with Crippen LogP contribution in [0.3, 0.4) is 0 Å². The molecule has 1 aliphatic carbocycles. The largest absolute Gasteiger partial charge is 0.468 e. The van der Waals surface area contributed by atoms with Gasteiger partial charge in [-0.25, -0.2) is 0 Å². The van der Waals surface area contributed by atoms with E-state index in [4.69, 9.17) is 18.9 Å². The Labute approximate surface area is 121 Å². The Bertz CT molecular complexity index is 258. The number of hydrogen-bond acceptors (Lipinski definition) is 6. The summed E-state index contributed by atoms with van der Waals surface area (Å²) < 4.78 is 20.5. The molecule has 0 aromatic heterocycles. The van der Waals surface area contributed by atoms with E-state index in [0.29, 0.717) is 45.5 Å². The first-order chi connectivity index (χ1) is 9.77. The normalized spacial score (nSPS) is 16.1. The van der Waals surface area contributed by atoms with Crippen molar-refractivity contribution >= 4 is 5.97 Å². The average molecular weight is 289 g/mol. The molecule has 1 aliphatic rings. The molecule has 0 aromatic carbocycles. The van der Waals surface area contributed by atoms with Crippen LogP contribution in [0.2, 0.25) is 0 Å². The topological polar surface area (TPSA) is 66.0 Å². The van der Waals surface area contributed by atoms with Crippen LogP contribution in [-0.4, -0.2) is 65.3 Å². The monoisotopic (exact) mass is 289 g/mol. The van der Waals surface area contributed by atoms with E-state index in [1.165, 1.54) is 7.11 Å². The van der Waals surface area contributed by atoms with Crippen molar-refractivity contribution in [2.24, 2.45) is 0 Å². The minimum Gasteiger partial charge on any atom is -0.468 e. The number of rotatable bonds is 13. The molecule has 0 radical (unpaired) electrons. The van der Waals surface area contributed by atoms with Crippen molar-refractivity contribution in [2.75, 3.05) is 47.3 Å². The van der Waals surface area contributed by atoms with Gasteiger partial charge in [-0.1, -0.05) is 0 Å². The van der Waals surface area contributed by atoms with Gasteiger partial charge in [0.1, 0.15) is 6.04 Å². The molecule has 6 nitrogen and oxygen atoms in total. The van der Waals surface area contributed by atoms with Gasteiger partial charge < -0.3 is 24.3 Å². The van der Waals surface area contributed by atoms with Crippen LogP contribution in [0.4, 0.5) is 0 Å². The van der Waals surface area contributed by atoms with E-state index >= 15 is 0 Å². The molecule has 0 aromatic rings. The van der Waals surface area contributed by atoms with Crippen molar-refractivity contribution in [3.05, 3.63) is 0 Å². The van der Waals surface area contributed by atoms with Crippen LogP contribution in [-0.2, 0) is 23.7 Å². The minimum absolute atomic E-state index is 0.205. The summed E-state index contributed by atoms with van der Waals surface area (Å²) in [4.78, 5) is 11.6. The average Bonchev–Trinajstić information content (AvgIpc) is 3.27. The lowest BCUT2D eigenvalue weighted by Gasteiger charge is -2.16. The molecule has 1 rings (SSSR count). The number of nitrogens with one attached hydrogen (secondary N) is 1. The van der Waals surface area contributed by atoms with Gasteiger partial charge >= 0.3 is 5.97 Å². The lowest BCUT2D eigenvalue weighted by atomic mass is 10.2. The smallest absolute Gasteiger partial charge is 0.322 e. The summed E-state index contributed by atoms with van der Waals surface area (Å²) in [5.74, 6) is -0.205. The molecular weight excluding hydrogens is 262 g/mol. The minimum atomic E-state index is -0.245. The molecule has 1 fully saturated rings. The van der Waals surface area contributed by atoms with Gasteiger partial charge in [0.2, 0.25) is 0 Å². The highest BCUT2D eigenvalue weighted by atomic mass is 16.5. The summed E-state index contributed by atoms with van der Waals surface area (Å²) in [6, 6.07) is 0.235. The fourth-order valence-corrected chi connectivity index (χ4v) is 1.76. The summed E-state index contributed by atoms with van der Waals surface area (Å²) in [6.45, 7) is 3.10. The number of carbonyl (C=O) groups excluding carboxylic acids is 1. The number of hydrogen-bond donors (Lipinski definition) is 1. The molecule has 0 bridgehead atoms. The predicted octanol–water partition coefficient (Wildman–Crippen LogP) is 0.740. The highest BCUT2D eigenvalue weighted by Gasteiger charge is 2.28. The zero-order chi connectivity index (χ0) is 14.6.